The number of carbonyl (C=O) groups is 1. The highest BCUT2D eigenvalue weighted by Gasteiger charge is 2.18. The van der Waals surface area contributed by atoms with E-state index in [0.29, 0.717) is 6.42 Å². The van der Waals surface area contributed by atoms with Crippen LogP contribution in [-0.2, 0) is 20.3 Å². The van der Waals surface area contributed by atoms with Crippen molar-refractivity contribution in [3.63, 3.8) is 0 Å². The Hall–Kier alpha value is -1.12. The minimum absolute atomic E-state index is 0.0171. The van der Waals surface area contributed by atoms with E-state index in [1.54, 1.807) is 13.3 Å². The molecule has 20 heavy (non-hydrogen) atoms. The Morgan fingerprint density at radius 3 is 2.35 bits per heavy atom. The molecule has 0 heterocycles. The highest BCUT2D eigenvalue weighted by molar-refractivity contribution is 7.57. The van der Waals surface area contributed by atoms with Gasteiger partial charge in [-0.2, -0.15) is 0 Å². The molecule has 0 aliphatic carbocycles. The molecule has 0 aliphatic rings. The van der Waals surface area contributed by atoms with Gasteiger partial charge in [-0.25, -0.2) is 0 Å². The fourth-order valence-corrected chi connectivity index (χ4v) is 2.23. The fraction of sp³-hybridized carbons (Fsp3) is 0.533. The Bertz CT molecular complexity index is 467. The third kappa shape index (κ3) is 6.88. The van der Waals surface area contributed by atoms with Crippen molar-refractivity contribution in [3.8, 4) is 0 Å². The largest absolute Gasteiger partial charge is 0.350 e. The van der Waals surface area contributed by atoms with Gasteiger partial charge in [0.2, 0.25) is 5.91 Å². The summed E-state index contributed by atoms with van der Waals surface area (Å²) in [7, 11) is -2.54. The molecular formula is C15H24NO3P. The summed E-state index contributed by atoms with van der Waals surface area (Å²) >= 11 is 0. The van der Waals surface area contributed by atoms with Crippen LogP contribution in [0.25, 0.3) is 0 Å². The molecule has 5 heteroatoms. The summed E-state index contributed by atoms with van der Waals surface area (Å²) in [5.41, 5.74) is 1.12. The van der Waals surface area contributed by atoms with E-state index < -0.39 is 7.37 Å². The summed E-state index contributed by atoms with van der Waals surface area (Å²) in [6, 6.07) is 9.72. The molecule has 4 nitrogen and oxygen atoms in total. The van der Waals surface area contributed by atoms with E-state index in [-0.39, 0.29) is 24.5 Å². The first-order valence-corrected chi connectivity index (χ1v) is 9.33. The van der Waals surface area contributed by atoms with Crippen LogP contribution in [0.2, 0.25) is 0 Å². The van der Waals surface area contributed by atoms with E-state index in [1.165, 1.54) is 0 Å². The topological polar surface area (TPSA) is 55.4 Å². The molecule has 0 saturated carbocycles. The second-order valence-corrected chi connectivity index (χ2v) is 8.36. The Morgan fingerprint density at radius 1 is 1.25 bits per heavy atom. The third-order valence-electron chi connectivity index (χ3n) is 2.78. The SMILES string of the molecule is CC(C)C(=O)N[C@H](COP(C)(C)=O)Cc1ccccc1. The van der Waals surface area contributed by atoms with E-state index in [2.05, 4.69) is 5.32 Å². The summed E-state index contributed by atoms with van der Waals surface area (Å²) in [6.45, 7) is 7.12. The quantitative estimate of drug-likeness (QED) is 0.787. The van der Waals surface area contributed by atoms with Gasteiger partial charge in [0.25, 0.3) is 0 Å². The second-order valence-electron chi connectivity index (χ2n) is 5.60. The van der Waals surface area contributed by atoms with Gasteiger partial charge in [-0.1, -0.05) is 44.2 Å². The van der Waals surface area contributed by atoms with Gasteiger partial charge in [-0.3, -0.25) is 9.36 Å². The number of hydrogen-bond acceptors (Lipinski definition) is 3. The van der Waals surface area contributed by atoms with Crippen molar-refractivity contribution >= 4 is 13.3 Å². The van der Waals surface area contributed by atoms with Crippen molar-refractivity contribution in [3.05, 3.63) is 35.9 Å². The molecule has 1 aromatic rings. The first-order valence-electron chi connectivity index (χ1n) is 6.82. The maximum Gasteiger partial charge on any atom is 0.222 e. The Balaban J connectivity index is 2.68. The van der Waals surface area contributed by atoms with Gasteiger partial charge in [0.1, 0.15) is 0 Å². The predicted molar refractivity (Wildman–Crippen MR) is 82.3 cm³/mol. The van der Waals surface area contributed by atoms with Gasteiger partial charge in [0.05, 0.1) is 12.6 Å². The number of nitrogens with one attached hydrogen (secondary N) is 1. The maximum atomic E-state index is 11.8. The van der Waals surface area contributed by atoms with Crippen LogP contribution in [0.4, 0.5) is 0 Å². The summed E-state index contributed by atoms with van der Waals surface area (Å²) in [4.78, 5) is 11.8. The van der Waals surface area contributed by atoms with Crippen molar-refractivity contribution in [1.82, 2.24) is 5.32 Å². The summed E-state index contributed by atoms with van der Waals surface area (Å²) in [5.74, 6) is -0.0973. The lowest BCUT2D eigenvalue weighted by Gasteiger charge is -2.21. The molecule has 1 amide bonds. The normalized spacial score (nSPS) is 13.2. The average Bonchev–Trinajstić information content (AvgIpc) is 2.36. The van der Waals surface area contributed by atoms with Gasteiger partial charge in [0.15, 0.2) is 7.37 Å². The molecule has 112 valence electrons. The first-order chi connectivity index (χ1) is 9.28. The molecule has 0 fully saturated rings. The van der Waals surface area contributed by atoms with Crippen LogP contribution in [0.15, 0.2) is 30.3 Å². The Kier molecular flexibility index (Phi) is 6.44. The lowest BCUT2D eigenvalue weighted by molar-refractivity contribution is -0.124. The molecule has 1 aromatic carbocycles. The van der Waals surface area contributed by atoms with Crippen LogP contribution in [0.3, 0.4) is 0 Å². The molecule has 0 radical (unpaired) electrons. The molecule has 0 aromatic heterocycles. The van der Waals surface area contributed by atoms with Crippen LogP contribution < -0.4 is 5.32 Å². The van der Waals surface area contributed by atoms with Crippen molar-refractivity contribution in [2.24, 2.45) is 5.92 Å². The molecule has 0 spiro atoms. The lowest BCUT2D eigenvalue weighted by Crippen LogP contribution is -2.41. The molecule has 1 N–H and O–H groups in total. The van der Waals surface area contributed by atoms with Crippen LogP contribution in [0.1, 0.15) is 19.4 Å². The monoisotopic (exact) mass is 297 g/mol. The van der Waals surface area contributed by atoms with Crippen LogP contribution >= 0.6 is 7.37 Å². The summed E-state index contributed by atoms with van der Waals surface area (Å²) in [6.07, 6.45) is 0.666. The smallest absolute Gasteiger partial charge is 0.222 e. The van der Waals surface area contributed by atoms with Gasteiger partial charge >= 0.3 is 0 Å². The second kappa shape index (κ2) is 7.61. The number of rotatable bonds is 7. The van der Waals surface area contributed by atoms with Gasteiger partial charge in [-0.05, 0) is 12.0 Å². The van der Waals surface area contributed by atoms with E-state index >= 15 is 0 Å². The first kappa shape index (κ1) is 16.9. The van der Waals surface area contributed by atoms with Crippen LogP contribution in [0.5, 0.6) is 0 Å². The average molecular weight is 297 g/mol. The molecule has 0 unspecified atom stereocenters. The summed E-state index contributed by atoms with van der Waals surface area (Å²) < 4.78 is 17.0. The molecule has 0 saturated heterocycles. The van der Waals surface area contributed by atoms with Crippen molar-refractivity contribution in [2.75, 3.05) is 19.9 Å². The predicted octanol–water partition coefficient (Wildman–Crippen LogP) is 2.92. The van der Waals surface area contributed by atoms with E-state index in [0.717, 1.165) is 5.56 Å². The molecule has 0 aliphatic heterocycles. The van der Waals surface area contributed by atoms with Gasteiger partial charge in [-0.15, -0.1) is 0 Å². The minimum atomic E-state index is -2.54. The molecular weight excluding hydrogens is 273 g/mol. The highest BCUT2D eigenvalue weighted by atomic mass is 31.2. The fourth-order valence-electron chi connectivity index (χ4n) is 1.69. The standard InChI is InChI=1S/C15H24NO3P/c1-12(2)15(17)16-14(11-19-20(3,4)18)10-13-8-6-5-7-9-13/h5-9,12,14H,10-11H2,1-4H3,(H,16,17)/t14-/m0/s1. The maximum absolute atomic E-state index is 11.8. The van der Waals surface area contributed by atoms with E-state index in [1.807, 2.05) is 44.2 Å². The van der Waals surface area contributed by atoms with E-state index in [4.69, 9.17) is 4.52 Å². The van der Waals surface area contributed by atoms with Crippen molar-refractivity contribution in [2.45, 2.75) is 26.3 Å². The third-order valence-corrected chi connectivity index (χ3v) is 3.55. The Labute approximate surface area is 121 Å². The number of carbonyl (C=O) groups excluding carboxylic acids is 1. The molecule has 1 rings (SSSR count). The minimum Gasteiger partial charge on any atom is -0.350 e. The Morgan fingerprint density at radius 2 is 1.85 bits per heavy atom. The molecule has 0 bridgehead atoms. The molecule has 1 atom stereocenters. The van der Waals surface area contributed by atoms with Gasteiger partial charge < -0.3 is 9.84 Å². The van der Waals surface area contributed by atoms with Crippen LogP contribution in [-0.4, -0.2) is 31.9 Å². The lowest BCUT2D eigenvalue weighted by atomic mass is 10.1. The zero-order chi connectivity index (χ0) is 15.2. The van der Waals surface area contributed by atoms with Gasteiger partial charge in [0, 0.05) is 19.2 Å². The summed E-state index contributed by atoms with van der Waals surface area (Å²) in [5, 5.41) is 2.95. The highest BCUT2D eigenvalue weighted by Crippen LogP contribution is 2.37. The van der Waals surface area contributed by atoms with Crippen LogP contribution in [0, 0.1) is 5.92 Å². The number of benzene rings is 1. The zero-order valence-corrected chi connectivity index (χ0v) is 13.5. The van der Waals surface area contributed by atoms with Crippen molar-refractivity contribution < 1.29 is 13.9 Å². The van der Waals surface area contributed by atoms with Crippen molar-refractivity contribution in [1.29, 1.82) is 0 Å². The zero-order valence-electron chi connectivity index (χ0n) is 12.6. The number of hydrogen-bond donors (Lipinski definition) is 1. The van der Waals surface area contributed by atoms with E-state index in [9.17, 15) is 9.36 Å². The number of amides is 1.